The topological polar surface area (TPSA) is 61.4 Å². The highest BCUT2D eigenvalue weighted by molar-refractivity contribution is 5.86. The minimum Gasteiger partial charge on any atom is -0.396 e. The fourth-order valence-electron chi connectivity index (χ4n) is 2.16. The number of hydrogen-bond donors (Lipinski definition) is 3. The molecule has 0 aliphatic carbocycles. The second kappa shape index (κ2) is 5.83. The number of aliphatic hydroxyl groups excluding tert-OH is 1. The Morgan fingerprint density at radius 1 is 1.47 bits per heavy atom. The van der Waals surface area contributed by atoms with Gasteiger partial charge in [0.1, 0.15) is 0 Å². The molecule has 1 amide bonds. The molecule has 0 bridgehead atoms. The molecule has 1 unspecified atom stereocenters. The van der Waals surface area contributed by atoms with Crippen LogP contribution in [0.15, 0.2) is 0 Å². The van der Waals surface area contributed by atoms with Gasteiger partial charge in [-0.2, -0.15) is 0 Å². The summed E-state index contributed by atoms with van der Waals surface area (Å²) < 4.78 is 0. The van der Waals surface area contributed by atoms with Crippen LogP contribution in [0.3, 0.4) is 0 Å². The number of carbonyl (C=O) groups excluding carboxylic acids is 1. The van der Waals surface area contributed by atoms with E-state index < -0.39 is 5.54 Å². The zero-order valence-corrected chi connectivity index (χ0v) is 11.3. The van der Waals surface area contributed by atoms with Crippen molar-refractivity contribution >= 4 is 5.91 Å². The van der Waals surface area contributed by atoms with E-state index in [1.54, 1.807) is 0 Å². The van der Waals surface area contributed by atoms with Crippen LogP contribution in [0.25, 0.3) is 0 Å². The van der Waals surface area contributed by atoms with Crippen molar-refractivity contribution < 1.29 is 9.90 Å². The van der Waals surface area contributed by atoms with E-state index in [4.69, 9.17) is 5.11 Å². The average Bonchev–Trinajstić information content (AvgIpc) is 2.27. The van der Waals surface area contributed by atoms with E-state index in [0.29, 0.717) is 13.0 Å². The summed E-state index contributed by atoms with van der Waals surface area (Å²) in [6, 6.07) is 0. The van der Waals surface area contributed by atoms with Gasteiger partial charge in [-0.05, 0) is 44.6 Å². The fourth-order valence-corrected chi connectivity index (χ4v) is 2.16. The molecule has 0 aromatic rings. The molecule has 17 heavy (non-hydrogen) atoms. The molecule has 1 rings (SSSR count). The highest BCUT2D eigenvalue weighted by atomic mass is 16.3. The lowest BCUT2D eigenvalue weighted by atomic mass is 9.87. The van der Waals surface area contributed by atoms with Crippen molar-refractivity contribution in [2.24, 2.45) is 5.41 Å². The van der Waals surface area contributed by atoms with Crippen LogP contribution in [-0.2, 0) is 4.79 Å². The van der Waals surface area contributed by atoms with Gasteiger partial charge in [0.15, 0.2) is 0 Å². The fraction of sp³-hybridized carbons (Fsp3) is 0.923. The first-order chi connectivity index (χ1) is 7.90. The summed E-state index contributed by atoms with van der Waals surface area (Å²) in [6.07, 6.45) is 3.87. The molecule has 1 atom stereocenters. The van der Waals surface area contributed by atoms with E-state index in [9.17, 15) is 4.79 Å². The Bertz CT molecular complexity index is 258. The predicted octanol–water partition coefficient (Wildman–Crippen LogP) is 1.04. The van der Waals surface area contributed by atoms with Crippen LogP contribution < -0.4 is 10.6 Å². The summed E-state index contributed by atoms with van der Waals surface area (Å²) in [5, 5.41) is 15.2. The number of piperidine rings is 1. The summed E-state index contributed by atoms with van der Waals surface area (Å²) in [4.78, 5) is 12.1. The smallest absolute Gasteiger partial charge is 0.240 e. The van der Waals surface area contributed by atoms with Gasteiger partial charge in [0.2, 0.25) is 5.91 Å². The zero-order chi connectivity index (χ0) is 12.9. The quantitative estimate of drug-likeness (QED) is 0.675. The molecule has 1 aliphatic heterocycles. The average molecular weight is 242 g/mol. The normalized spacial score (nSPS) is 25.6. The van der Waals surface area contributed by atoms with Crippen LogP contribution >= 0.6 is 0 Å². The third kappa shape index (κ3) is 4.28. The highest BCUT2D eigenvalue weighted by Crippen LogP contribution is 2.21. The third-order valence-electron chi connectivity index (χ3n) is 3.64. The van der Waals surface area contributed by atoms with Gasteiger partial charge in [0.25, 0.3) is 0 Å². The Morgan fingerprint density at radius 2 is 2.18 bits per heavy atom. The first-order valence-electron chi connectivity index (χ1n) is 6.54. The van der Waals surface area contributed by atoms with E-state index >= 15 is 0 Å². The lowest BCUT2D eigenvalue weighted by molar-refractivity contribution is -0.128. The van der Waals surface area contributed by atoms with Gasteiger partial charge in [-0.25, -0.2) is 0 Å². The molecule has 0 aromatic heterocycles. The molecule has 0 radical (unpaired) electrons. The molecular weight excluding hydrogens is 216 g/mol. The molecule has 1 aliphatic rings. The van der Waals surface area contributed by atoms with Crippen LogP contribution in [0, 0.1) is 5.41 Å². The molecule has 4 nitrogen and oxygen atoms in total. The number of rotatable bonds is 5. The van der Waals surface area contributed by atoms with Crippen molar-refractivity contribution in [3.05, 3.63) is 0 Å². The second-order valence-electron chi connectivity index (χ2n) is 6.04. The van der Waals surface area contributed by atoms with Crippen LogP contribution in [0.1, 0.15) is 46.5 Å². The molecule has 3 N–H and O–H groups in total. The number of hydrogen-bond acceptors (Lipinski definition) is 3. The van der Waals surface area contributed by atoms with Crippen molar-refractivity contribution in [3.8, 4) is 0 Å². The van der Waals surface area contributed by atoms with Gasteiger partial charge < -0.3 is 15.7 Å². The van der Waals surface area contributed by atoms with Crippen LogP contribution in [0.5, 0.6) is 0 Å². The summed E-state index contributed by atoms with van der Waals surface area (Å²) in [5.74, 6) is 0.0863. The van der Waals surface area contributed by atoms with Crippen LogP contribution in [0.2, 0.25) is 0 Å². The minimum atomic E-state index is -0.409. The lowest BCUT2D eigenvalue weighted by Gasteiger charge is -2.35. The maximum absolute atomic E-state index is 12.1. The molecule has 1 heterocycles. The first-order valence-corrected chi connectivity index (χ1v) is 6.54. The molecule has 100 valence electrons. The summed E-state index contributed by atoms with van der Waals surface area (Å²) in [5.41, 5.74) is -0.455. The molecule has 0 aromatic carbocycles. The highest BCUT2D eigenvalue weighted by Gasteiger charge is 2.34. The third-order valence-corrected chi connectivity index (χ3v) is 3.64. The Balaban J connectivity index is 2.43. The van der Waals surface area contributed by atoms with Crippen LogP contribution in [-0.4, -0.2) is 36.2 Å². The molecule has 4 heteroatoms. The largest absolute Gasteiger partial charge is 0.396 e. The second-order valence-corrected chi connectivity index (χ2v) is 6.04. The number of nitrogens with one attached hydrogen (secondary N) is 2. The summed E-state index contributed by atoms with van der Waals surface area (Å²) >= 11 is 0. The number of aliphatic hydroxyl groups is 1. The minimum absolute atomic E-state index is 0.0462. The van der Waals surface area contributed by atoms with Gasteiger partial charge in [-0.3, -0.25) is 4.79 Å². The predicted molar refractivity (Wildman–Crippen MR) is 68.8 cm³/mol. The van der Waals surface area contributed by atoms with Crippen molar-refractivity contribution in [2.45, 2.75) is 52.0 Å². The first kappa shape index (κ1) is 14.5. The number of amides is 1. The molecular formula is C13H26N2O2. The maximum atomic E-state index is 12.1. The van der Waals surface area contributed by atoms with Crippen molar-refractivity contribution in [1.82, 2.24) is 10.6 Å². The van der Waals surface area contributed by atoms with E-state index in [1.807, 2.05) is 6.92 Å². The Labute approximate surface area is 104 Å². The Kier molecular flexibility index (Phi) is 4.95. The molecule has 1 fully saturated rings. The Hall–Kier alpha value is -0.610. The van der Waals surface area contributed by atoms with E-state index in [2.05, 4.69) is 24.5 Å². The standard InChI is InChI=1S/C13H26N2O2/c1-12(2,7-9-16)10-14-11(17)13(3)6-4-5-8-15-13/h15-16H,4-10H2,1-3H3,(H,14,17). The summed E-state index contributed by atoms with van der Waals surface area (Å²) in [7, 11) is 0. The van der Waals surface area contributed by atoms with E-state index in [1.165, 1.54) is 0 Å². The van der Waals surface area contributed by atoms with E-state index in [-0.39, 0.29) is 17.9 Å². The maximum Gasteiger partial charge on any atom is 0.240 e. The van der Waals surface area contributed by atoms with Gasteiger partial charge in [-0.15, -0.1) is 0 Å². The van der Waals surface area contributed by atoms with Crippen molar-refractivity contribution in [1.29, 1.82) is 0 Å². The molecule has 1 saturated heterocycles. The van der Waals surface area contributed by atoms with Crippen molar-refractivity contribution in [3.63, 3.8) is 0 Å². The lowest BCUT2D eigenvalue weighted by Crippen LogP contribution is -2.57. The van der Waals surface area contributed by atoms with Gasteiger partial charge >= 0.3 is 0 Å². The van der Waals surface area contributed by atoms with Gasteiger partial charge in [0, 0.05) is 13.2 Å². The van der Waals surface area contributed by atoms with Crippen LogP contribution in [0.4, 0.5) is 0 Å². The van der Waals surface area contributed by atoms with E-state index in [0.717, 1.165) is 25.8 Å². The van der Waals surface area contributed by atoms with Gasteiger partial charge in [-0.1, -0.05) is 13.8 Å². The summed E-state index contributed by atoms with van der Waals surface area (Å²) in [6.45, 7) is 7.78. The van der Waals surface area contributed by atoms with Gasteiger partial charge in [0.05, 0.1) is 5.54 Å². The molecule has 0 spiro atoms. The molecule has 0 saturated carbocycles. The SMILES string of the molecule is CC(C)(CCO)CNC(=O)C1(C)CCCCN1. The number of carbonyl (C=O) groups is 1. The monoisotopic (exact) mass is 242 g/mol. The zero-order valence-electron chi connectivity index (χ0n) is 11.3. The Morgan fingerprint density at radius 3 is 2.71 bits per heavy atom. The van der Waals surface area contributed by atoms with Crippen molar-refractivity contribution in [2.75, 3.05) is 19.7 Å².